The average Bonchev–Trinajstić information content (AvgIpc) is 3.09. The van der Waals surface area contributed by atoms with Crippen LogP contribution in [-0.2, 0) is 34.6 Å². The first-order chi connectivity index (χ1) is 23.6. The van der Waals surface area contributed by atoms with Gasteiger partial charge in [-0.1, -0.05) is 177 Å². The summed E-state index contributed by atoms with van der Waals surface area (Å²) in [5.41, 5.74) is -0.281. The van der Waals surface area contributed by atoms with Crippen molar-refractivity contribution < 1.29 is 23.8 Å². The van der Waals surface area contributed by atoms with Gasteiger partial charge in [0, 0.05) is 18.4 Å². The first kappa shape index (κ1) is 42.7. The number of esters is 2. The van der Waals surface area contributed by atoms with E-state index in [0.717, 1.165) is 49.7 Å². The molecule has 2 aromatic rings. The van der Waals surface area contributed by atoms with Crippen molar-refractivity contribution in [1.82, 2.24) is 0 Å². The van der Waals surface area contributed by atoms with Crippen LogP contribution in [0.2, 0.25) is 0 Å². The molecule has 2 aromatic carbocycles. The highest BCUT2D eigenvalue weighted by Crippen LogP contribution is 2.46. The van der Waals surface area contributed by atoms with Crippen molar-refractivity contribution in [2.24, 2.45) is 0 Å². The molecule has 0 heterocycles. The molecular weight excluding hydrogens is 625 g/mol. The second-order valence-corrected chi connectivity index (χ2v) is 16.5. The summed E-state index contributed by atoms with van der Waals surface area (Å²) in [5.74, 6) is -0.539. The van der Waals surface area contributed by atoms with Crippen molar-refractivity contribution in [1.29, 1.82) is 0 Å². The second-order valence-electron chi connectivity index (χ2n) is 15.1. The lowest BCUT2D eigenvalue weighted by Gasteiger charge is -2.48. The topological polar surface area (TPSA) is 61.8 Å². The highest BCUT2D eigenvalue weighted by molar-refractivity contribution is 6.16. The molecule has 0 amide bonds. The van der Waals surface area contributed by atoms with Crippen molar-refractivity contribution in [2.75, 3.05) is 6.61 Å². The lowest BCUT2D eigenvalue weighted by atomic mass is 9.83. The van der Waals surface area contributed by atoms with Crippen molar-refractivity contribution in [3.8, 4) is 0 Å². The fourth-order valence-electron chi connectivity index (χ4n) is 6.52. The summed E-state index contributed by atoms with van der Waals surface area (Å²) in [7, 11) is 0.370. The number of ether oxygens (including phenoxy) is 3. The Balaban J connectivity index is 2.30. The van der Waals surface area contributed by atoms with Gasteiger partial charge in [-0.25, -0.2) is 0 Å². The first-order valence-corrected chi connectivity index (χ1v) is 20.8. The Hall–Kier alpha value is -2.44. The van der Waals surface area contributed by atoms with Gasteiger partial charge in [-0.2, -0.15) is 0 Å². The Kier molecular flexibility index (Phi) is 20.8. The molecule has 2 rings (SSSR count). The molecule has 5 nitrogen and oxygen atoms in total. The van der Waals surface area contributed by atoms with Gasteiger partial charge in [-0.05, 0) is 39.2 Å². The van der Waals surface area contributed by atoms with E-state index in [0.29, 0.717) is 23.1 Å². The van der Waals surface area contributed by atoms with Crippen LogP contribution < -0.4 is 0 Å². The van der Waals surface area contributed by atoms with Gasteiger partial charge < -0.3 is 14.2 Å². The standard InChI is InChI=1S/C43H70O5Si/c1-6-8-10-12-14-16-18-20-28-34-39(44)47-42(36-46-41(3,4)5,37-30-24-22-25-31-37)43(49,38-32-26-23-27-33-38)48-40(45)35-29-21-19-17-15-13-11-9-7-2/h22-27,30-33H,6-21,28-29,34-36H2,1-5,49H3. The van der Waals surface area contributed by atoms with Crippen LogP contribution in [0.25, 0.3) is 0 Å². The van der Waals surface area contributed by atoms with Gasteiger partial charge in [0.2, 0.25) is 0 Å². The van der Waals surface area contributed by atoms with Gasteiger partial charge in [0.15, 0.2) is 10.8 Å². The first-order valence-electron chi connectivity index (χ1n) is 19.8. The third kappa shape index (κ3) is 16.0. The Labute approximate surface area is 303 Å². The molecule has 0 aliphatic carbocycles. The maximum atomic E-state index is 13.9. The van der Waals surface area contributed by atoms with Crippen LogP contribution in [0, 0.1) is 0 Å². The van der Waals surface area contributed by atoms with Crippen LogP contribution in [0.1, 0.15) is 174 Å². The number of benzene rings is 2. The van der Waals surface area contributed by atoms with Gasteiger partial charge in [0.25, 0.3) is 0 Å². The maximum absolute atomic E-state index is 13.9. The molecule has 2 atom stereocenters. The van der Waals surface area contributed by atoms with E-state index < -0.39 is 16.4 Å². The van der Waals surface area contributed by atoms with Crippen LogP contribution in [0.15, 0.2) is 60.7 Å². The van der Waals surface area contributed by atoms with E-state index in [2.05, 4.69) is 13.8 Å². The zero-order valence-electron chi connectivity index (χ0n) is 32.2. The summed E-state index contributed by atoms with van der Waals surface area (Å²) >= 11 is 0. The number of unbranched alkanes of at least 4 members (excludes halogenated alkanes) is 16. The van der Waals surface area contributed by atoms with Crippen LogP contribution in [0.5, 0.6) is 0 Å². The molecule has 49 heavy (non-hydrogen) atoms. The minimum absolute atomic E-state index is 0.0632. The molecule has 0 saturated carbocycles. The minimum Gasteiger partial charge on any atom is -0.455 e. The smallest absolute Gasteiger partial charge is 0.306 e. The van der Waals surface area contributed by atoms with Crippen LogP contribution in [0.4, 0.5) is 0 Å². The van der Waals surface area contributed by atoms with Gasteiger partial charge >= 0.3 is 11.9 Å². The lowest BCUT2D eigenvalue weighted by molar-refractivity contribution is -0.222. The predicted molar refractivity (Wildman–Crippen MR) is 208 cm³/mol. The number of hydrogen-bond donors (Lipinski definition) is 0. The maximum Gasteiger partial charge on any atom is 0.306 e. The summed E-state index contributed by atoms with van der Waals surface area (Å²) in [6.45, 7) is 10.6. The Morgan fingerprint density at radius 2 is 0.898 bits per heavy atom. The Morgan fingerprint density at radius 3 is 1.31 bits per heavy atom. The lowest BCUT2D eigenvalue weighted by Crippen LogP contribution is -2.58. The predicted octanol–water partition coefficient (Wildman–Crippen LogP) is 10.8. The van der Waals surface area contributed by atoms with E-state index >= 15 is 0 Å². The third-order valence-electron chi connectivity index (χ3n) is 9.62. The fraction of sp³-hybridized carbons (Fsp3) is 0.674. The molecule has 0 aliphatic rings. The highest BCUT2D eigenvalue weighted by atomic mass is 28.1. The molecular formula is C43H70O5Si. The monoisotopic (exact) mass is 694 g/mol. The number of rotatable bonds is 27. The molecule has 0 bridgehead atoms. The molecule has 0 radical (unpaired) electrons. The van der Waals surface area contributed by atoms with Crippen LogP contribution >= 0.6 is 0 Å². The summed E-state index contributed by atoms with van der Waals surface area (Å²) in [6.07, 6.45) is 21.8. The number of hydrogen-bond acceptors (Lipinski definition) is 5. The second kappa shape index (κ2) is 23.9. The molecule has 0 saturated heterocycles. The molecule has 0 aromatic heterocycles. The summed E-state index contributed by atoms with van der Waals surface area (Å²) in [4.78, 5) is 27.7. The van der Waals surface area contributed by atoms with Gasteiger partial charge in [0.05, 0.1) is 22.5 Å². The number of carbonyl (C=O) groups is 2. The molecule has 6 heteroatoms. The van der Waals surface area contributed by atoms with Crippen molar-refractivity contribution in [2.45, 2.75) is 179 Å². The van der Waals surface area contributed by atoms with Gasteiger partial charge in [-0.15, -0.1) is 0 Å². The summed E-state index contributed by atoms with van der Waals surface area (Å²) < 4.78 is 19.9. The van der Waals surface area contributed by atoms with Crippen molar-refractivity contribution >= 4 is 22.2 Å². The highest BCUT2D eigenvalue weighted by Gasteiger charge is 2.57. The third-order valence-corrected chi connectivity index (χ3v) is 11.2. The van der Waals surface area contributed by atoms with E-state index in [1.807, 2.05) is 81.4 Å². The Morgan fingerprint density at radius 1 is 0.531 bits per heavy atom. The molecule has 0 aliphatic heterocycles. The SMILES string of the molecule is CCCCCCCCCCCC(=O)OC([SiH3])(c1ccccc1)C(COC(C)(C)C)(OC(=O)CCCCCCCCCCC)c1ccccc1. The van der Waals surface area contributed by atoms with E-state index in [-0.39, 0.29) is 18.5 Å². The van der Waals surface area contributed by atoms with Crippen molar-refractivity contribution in [3.05, 3.63) is 71.8 Å². The summed E-state index contributed by atoms with van der Waals surface area (Å²) in [5, 5.41) is -1.22. The van der Waals surface area contributed by atoms with Crippen molar-refractivity contribution in [3.63, 3.8) is 0 Å². The van der Waals surface area contributed by atoms with E-state index in [1.165, 1.54) is 77.0 Å². The number of carbonyl (C=O) groups excluding carboxylic acids is 2. The normalized spacial score (nSPS) is 14.2. The van der Waals surface area contributed by atoms with E-state index in [1.54, 1.807) is 0 Å². The fourth-order valence-corrected chi connectivity index (χ4v) is 7.62. The van der Waals surface area contributed by atoms with Crippen LogP contribution in [0.3, 0.4) is 0 Å². The zero-order chi connectivity index (χ0) is 35.9. The Bertz CT molecular complexity index is 1150. The quantitative estimate of drug-likeness (QED) is 0.0529. The summed E-state index contributed by atoms with van der Waals surface area (Å²) in [6, 6.07) is 19.7. The van der Waals surface area contributed by atoms with E-state index in [9.17, 15) is 9.59 Å². The minimum atomic E-state index is -1.36. The molecule has 0 N–H and O–H groups in total. The van der Waals surface area contributed by atoms with E-state index in [4.69, 9.17) is 14.2 Å². The zero-order valence-corrected chi connectivity index (χ0v) is 34.2. The molecule has 0 fully saturated rings. The molecule has 276 valence electrons. The van der Waals surface area contributed by atoms with Crippen LogP contribution in [-0.4, -0.2) is 34.4 Å². The van der Waals surface area contributed by atoms with Gasteiger partial charge in [-0.3, -0.25) is 9.59 Å². The van der Waals surface area contributed by atoms with Gasteiger partial charge in [0.1, 0.15) is 0 Å². The molecule has 0 spiro atoms. The largest absolute Gasteiger partial charge is 0.455 e. The average molecular weight is 695 g/mol. The molecule has 2 unspecified atom stereocenters.